The van der Waals surface area contributed by atoms with Crippen molar-refractivity contribution in [2.24, 2.45) is 10.7 Å². The molecule has 0 unspecified atom stereocenters. The minimum atomic E-state index is -2.74. The van der Waals surface area contributed by atoms with E-state index >= 15 is 0 Å². The van der Waals surface area contributed by atoms with Crippen molar-refractivity contribution in [2.45, 2.75) is 5.92 Å². The summed E-state index contributed by atoms with van der Waals surface area (Å²) in [5, 5.41) is 0. The van der Waals surface area contributed by atoms with Crippen LogP contribution in [0.4, 0.5) is 13.2 Å². The molecule has 0 amide bonds. The smallest absolute Gasteiger partial charge is 0.282 e. The van der Waals surface area contributed by atoms with Gasteiger partial charge in [0.15, 0.2) is 0 Å². The van der Waals surface area contributed by atoms with Gasteiger partial charge in [0, 0.05) is 12.1 Å². The van der Waals surface area contributed by atoms with Crippen LogP contribution in [-0.2, 0) is 0 Å². The first-order valence-electron chi connectivity index (χ1n) is 4.29. The first-order chi connectivity index (χ1) is 6.91. The molecule has 1 rings (SSSR count). The first kappa shape index (κ1) is 11.8. The van der Waals surface area contributed by atoms with Crippen molar-refractivity contribution in [3.63, 3.8) is 0 Å². The predicted octanol–water partition coefficient (Wildman–Crippen LogP) is 1.29. The van der Waals surface area contributed by atoms with E-state index in [1.807, 2.05) is 0 Å². The average Bonchev–Trinajstić information content (AvgIpc) is 2.09. The highest BCUT2D eigenvalue weighted by Crippen LogP contribution is 2.32. The van der Waals surface area contributed by atoms with Crippen LogP contribution in [0.2, 0.25) is 0 Å². The van der Waals surface area contributed by atoms with E-state index in [2.05, 4.69) is 18.3 Å². The summed E-state index contributed by atoms with van der Waals surface area (Å²) in [6.45, 7) is 5.15. The van der Waals surface area contributed by atoms with Gasteiger partial charge in [0.1, 0.15) is 11.6 Å². The molecule has 0 atom stereocenters. The molecule has 15 heavy (non-hydrogen) atoms. The van der Waals surface area contributed by atoms with E-state index in [0.29, 0.717) is 0 Å². The van der Waals surface area contributed by atoms with Gasteiger partial charge in [-0.3, -0.25) is 0 Å². The fourth-order valence-electron chi connectivity index (χ4n) is 1.37. The van der Waals surface area contributed by atoms with E-state index in [1.54, 1.807) is 0 Å². The Morgan fingerprint density at radius 2 is 2.00 bits per heavy atom. The number of hydrogen-bond acceptors (Lipinski definition) is 3. The van der Waals surface area contributed by atoms with Crippen LogP contribution in [0.5, 0.6) is 0 Å². The summed E-state index contributed by atoms with van der Waals surface area (Å²) in [5.41, 5.74) is 5.29. The van der Waals surface area contributed by atoms with Gasteiger partial charge in [-0.25, -0.2) is 18.2 Å². The van der Waals surface area contributed by atoms with Gasteiger partial charge >= 0.3 is 0 Å². The van der Waals surface area contributed by atoms with Gasteiger partial charge in [-0.2, -0.15) is 0 Å². The number of aliphatic imine (C=N–C) groups is 1. The molecule has 0 radical (unpaired) electrons. The predicted molar refractivity (Wildman–Crippen MR) is 52.4 cm³/mol. The third-order valence-electron chi connectivity index (χ3n) is 2.10. The molecule has 2 N–H and O–H groups in total. The normalized spacial score (nSPS) is 20.4. The largest absolute Gasteiger partial charge is 0.344 e. The summed E-state index contributed by atoms with van der Waals surface area (Å²) in [7, 11) is 0. The van der Waals surface area contributed by atoms with Gasteiger partial charge in [0.25, 0.3) is 5.92 Å². The second kappa shape index (κ2) is 4.06. The lowest BCUT2D eigenvalue weighted by atomic mass is 10.1. The lowest BCUT2D eigenvalue weighted by molar-refractivity contribution is -0.116. The molecule has 0 aromatic rings. The molecule has 0 aromatic heterocycles. The number of nitrogens with two attached hydrogens (primary N) is 1. The maximum atomic E-state index is 12.9. The lowest BCUT2D eigenvalue weighted by Crippen LogP contribution is -2.55. The number of alkyl halides is 2. The minimum Gasteiger partial charge on any atom is -0.344 e. The van der Waals surface area contributed by atoms with Crippen LogP contribution in [-0.4, -0.2) is 37.2 Å². The van der Waals surface area contributed by atoms with E-state index in [9.17, 15) is 13.2 Å². The van der Waals surface area contributed by atoms with Crippen LogP contribution < -0.4 is 5.73 Å². The molecule has 1 fully saturated rings. The van der Waals surface area contributed by atoms with E-state index in [4.69, 9.17) is 5.73 Å². The summed E-state index contributed by atoms with van der Waals surface area (Å²) >= 11 is 0. The Morgan fingerprint density at radius 3 is 2.27 bits per heavy atom. The second-order valence-electron chi connectivity index (χ2n) is 3.28. The van der Waals surface area contributed by atoms with Gasteiger partial charge in [-0.1, -0.05) is 6.58 Å². The van der Waals surface area contributed by atoms with Gasteiger partial charge < -0.3 is 10.6 Å². The van der Waals surface area contributed by atoms with E-state index in [1.165, 1.54) is 4.90 Å². The molecule has 3 nitrogen and oxygen atoms in total. The molecule has 1 heterocycles. The summed E-state index contributed by atoms with van der Waals surface area (Å²) in [6.07, 6.45) is 0. The van der Waals surface area contributed by atoms with Gasteiger partial charge in [0.2, 0.25) is 0 Å². The number of rotatable bonds is 4. The molecular formula is C9H12F3N3. The number of halogens is 3. The van der Waals surface area contributed by atoms with Crippen molar-refractivity contribution in [3.05, 3.63) is 23.8 Å². The first-order valence-corrected chi connectivity index (χ1v) is 4.29. The molecule has 0 saturated carbocycles. The Morgan fingerprint density at radius 1 is 1.47 bits per heavy atom. The molecule has 1 saturated heterocycles. The number of likely N-dealkylation sites (tertiary alicyclic amines) is 1. The van der Waals surface area contributed by atoms with Crippen LogP contribution >= 0.6 is 0 Å². The summed E-state index contributed by atoms with van der Waals surface area (Å²) in [6, 6.07) is 0. The molecule has 84 valence electrons. The van der Waals surface area contributed by atoms with Crippen molar-refractivity contribution in [1.82, 2.24) is 4.90 Å². The molecule has 1 aliphatic rings. The Bertz CT molecular complexity index is 315. The highest BCUT2D eigenvalue weighted by Gasteiger charge is 2.45. The fourth-order valence-corrected chi connectivity index (χ4v) is 1.37. The third-order valence-corrected chi connectivity index (χ3v) is 2.10. The highest BCUT2D eigenvalue weighted by atomic mass is 19.3. The third kappa shape index (κ3) is 2.38. The molecule has 6 heteroatoms. The molecule has 0 aliphatic carbocycles. The van der Waals surface area contributed by atoms with Crippen LogP contribution in [0.1, 0.15) is 0 Å². The topological polar surface area (TPSA) is 41.6 Å². The molecule has 1 aliphatic heterocycles. The SMILES string of the molecule is C=N/C(=C(/CN)C(=C)F)N1CC(F)(F)C1. The maximum Gasteiger partial charge on any atom is 0.282 e. The Labute approximate surface area is 85.8 Å². The lowest BCUT2D eigenvalue weighted by Gasteiger charge is -2.40. The number of hydrogen-bond donors (Lipinski definition) is 1. The highest BCUT2D eigenvalue weighted by molar-refractivity contribution is 5.37. The van der Waals surface area contributed by atoms with E-state index in [-0.39, 0.29) is 17.9 Å². The Balaban J connectivity index is 2.88. The van der Waals surface area contributed by atoms with Crippen molar-refractivity contribution in [1.29, 1.82) is 0 Å². The van der Waals surface area contributed by atoms with Crippen molar-refractivity contribution >= 4 is 6.72 Å². The van der Waals surface area contributed by atoms with Gasteiger partial charge in [-0.05, 0) is 6.72 Å². The maximum absolute atomic E-state index is 12.9. The van der Waals surface area contributed by atoms with E-state index < -0.39 is 24.8 Å². The van der Waals surface area contributed by atoms with Gasteiger partial charge in [-0.15, -0.1) is 0 Å². The van der Waals surface area contributed by atoms with Crippen molar-refractivity contribution < 1.29 is 13.2 Å². The zero-order valence-electron chi connectivity index (χ0n) is 8.14. The van der Waals surface area contributed by atoms with Crippen molar-refractivity contribution in [2.75, 3.05) is 19.6 Å². The van der Waals surface area contributed by atoms with Crippen molar-refractivity contribution in [3.8, 4) is 0 Å². The Kier molecular flexibility index (Phi) is 3.18. The Hall–Kier alpha value is -1.30. The second-order valence-corrected chi connectivity index (χ2v) is 3.28. The monoisotopic (exact) mass is 219 g/mol. The number of nitrogens with zero attached hydrogens (tertiary/aromatic N) is 2. The minimum absolute atomic E-state index is 0.0144. The van der Waals surface area contributed by atoms with Crippen LogP contribution in [0.3, 0.4) is 0 Å². The summed E-state index contributed by atoms with van der Waals surface area (Å²) in [5.74, 6) is -3.46. The van der Waals surface area contributed by atoms with Crippen LogP contribution in [0.15, 0.2) is 28.8 Å². The molecule has 0 aromatic carbocycles. The average molecular weight is 219 g/mol. The molecular weight excluding hydrogens is 207 g/mol. The fraction of sp³-hybridized carbons (Fsp3) is 0.444. The molecule has 0 spiro atoms. The molecule has 0 bridgehead atoms. The standard InChI is InChI=1S/C9H12F3N3/c1-6(10)7(3-13)8(14-2)15-4-9(11,12)5-15/h1-5,13H2/b8-7+. The van der Waals surface area contributed by atoms with Gasteiger partial charge in [0.05, 0.1) is 13.1 Å². The zero-order chi connectivity index (χ0) is 11.6. The quantitative estimate of drug-likeness (QED) is 0.572. The van der Waals surface area contributed by atoms with Crippen LogP contribution in [0.25, 0.3) is 0 Å². The summed E-state index contributed by atoms with van der Waals surface area (Å²) < 4.78 is 38.0. The van der Waals surface area contributed by atoms with Crippen LogP contribution in [0, 0.1) is 0 Å². The summed E-state index contributed by atoms with van der Waals surface area (Å²) in [4.78, 5) is 4.73. The zero-order valence-corrected chi connectivity index (χ0v) is 8.14. The van der Waals surface area contributed by atoms with E-state index in [0.717, 1.165) is 0 Å².